The topological polar surface area (TPSA) is 17.8 Å². The lowest BCUT2D eigenvalue weighted by Crippen LogP contribution is -1.92. The number of terminal acetylenes is 1. The summed E-state index contributed by atoms with van der Waals surface area (Å²) in [5, 5.41) is 4.12. The number of rotatable bonds is 2. The molecule has 0 radical (unpaired) electrons. The molecule has 2 heteroatoms. The fourth-order valence-electron chi connectivity index (χ4n) is 0.872. The molecule has 11 heavy (non-hydrogen) atoms. The van der Waals surface area contributed by atoms with Gasteiger partial charge in [0.2, 0.25) is 0 Å². The molecule has 1 rings (SSSR count). The van der Waals surface area contributed by atoms with Crippen LogP contribution in [-0.2, 0) is 6.54 Å². The first kappa shape index (κ1) is 7.87. The molecule has 2 nitrogen and oxygen atoms in total. The minimum Gasteiger partial charge on any atom is -0.273 e. The van der Waals surface area contributed by atoms with Crippen molar-refractivity contribution in [2.24, 2.45) is 0 Å². The largest absolute Gasteiger partial charge is 0.273 e. The van der Waals surface area contributed by atoms with Gasteiger partial charge in [-0.2, -0.15) is 5.10 Å². The van der Waals surface area contributed by atoms with Crippen molar-refractivity contribution in [2.45, 2.75) is 26.3 Å². The smallest absolute Gasteiger partial charge is 0.0534 e. The van der Waals surface area contributed by atoms with Crippen LogP contribution in [0.4, 0.5) is 0 Å². The zero-order valence-corrected chi connectivity index (χ0v) is 6.91. The molecule has 0 aromatic carbocycles. The monoisotopic (exact) mass is 148 g/mol. The van der Waals surface area contributed by atoms with Gasteiger partial charge in [-0.3, -0.25) is 4.68 Å². The Kier molecular flexibility index (Phi) is 2.32. The van der Waals surface area contributed by atoms with Gasteiger partial charge in [-0.1, -0.05) is 5.92 Å². The Morgan fingerprint density at radius 3 is 3.00 bits per heavy atom. The van der Waals surface area contributed by atoms with E-state index in [1.54, 1.807) is 0 Å². The van der Waals surface area contributed by atoms with E-state index in [0.29, 0.717) is 0 Å². The third-order valence-corrected chi connectivity index (χ3v) is 1.73. The van der Waals surface area contributed by atoms with Crippen LogP contribution in [0, 0.1) is 12.3 Å². The Hall–Kier alpha value is -1.23. The summed E-state index contributed by atoms with van der Waals surface area (Å²) >= 11 is 0. The molecule has 0 spiro atoms. The van der Waals surface area contributed by atoms with Gasteiger partial charge < -0.3 is 0 Å². The second-order valence-corrected chi connectivity index (χ2v) is 2.52. The summed E-state index contributed by atoms with van der Waals surface area (Å²) in [6.07, 6.45) is 9.09. The van der Waals surface area contributed by atoms with E-state index in [0.717, 1.165) is 12.1 Å². The quantitative estimate of drug-likeness (QED) is 0.583. The fourth-order valence-corrected chi connectivity index (χ4v) is 0.872. The predicted octanol–water partition coefficient (Wildman–Crippen LogP) is 1.64. The number of nitrogens with zero attached hydrogens (tertiary/aromatic N) is 2. The molecule has 1 aromatic rings. The maximum Gasteiger partial charge on any atom is 0.0534 e. The number of aryl methyl sites for hydroxylation is 1. The predicted molar refractivity (Wildman–Crippen MR) is 45.1 cm³/mol. The summed E-state index contributed by atoms with van der Waals surface area (Å²) in [4.78, 5) is 0. The van der Waals surface area contributed by atoms with E-state index in [4.69, 9.17) is 6.42 Å². The Morgan fingerprint density at radius 2 is 2.55 bits per heavy atom. The molecule has 0 N–H and O–H groups in total. The van der Waals surface area contributed by atoms with E-state index in [1.165, 1.54) is 0 Å². The average molecular weight is 148 g/mol. The van der Waals surface area contributed by atoms with Gasteiger partial charge in [0, 0.05) is 24.2 Å². The highest BCUT2D eigenvalue weighted by Crippen LogP contribution is 2.11. The van der Waals surface area contributed by atoms with Crippen LogP contribution in [-0.4, -0.2) is 9.78 Å². The maximum absolute atomic E-state index is 5.27. The molecule has 1 atom stereocenters. The lowest BCUT2D eigenvalue weighted by Gasteiger charge is -1.96. The summed E-state index contributed by atoms with van der Waals surface area (Å²) in [6.45, 7) is 4.95. The van der Waals surface area contributed by atoms with E-state index in [1.807, 2.05) is 24.0 Å². The molecule has 1 aromatic heterocycles. The lowest BCUT2D eigenvalue weighted by atomic mass is 10.1. The van der Waals surface area contributed by atoms with Crippen LogP contribution in [0.25, 0.3) is 0 Å². The van der Waals surface area contributed by atoms with Crippen LogP contribution in [0.15, 0.2) is 12.4 Å². The number of hydrogen-bond donors (Lipinski definition) is 0. The zero-order valence-electron chi connectivity index (χ0n) is 6.91. The van der Waals surface area contributed by atoms with Crippen molar-refractivity contribution < 1.29 is 0 Å². The molecule has 0 saturated carbocycles. The van der Waals surface area contributed by atoms with E-state index < -0.39 is 0 Å². The van der Waals surface area contributed by atoms with Gasteiger partial charge in [0.05, 0.1) is 6.20 Å². The molecule has 0 aliphatic heterocycles. The summed E-state index contributed by atoms with van der Waals surface area (Å²) < 4.78 is 1.88. The molecule has 58 valence electrons. The molecule has 0 aliphatic rings. The van der Waals surface area contributed by atoms with E-state index in [-0.39, 0.29) is 5.92 Å². The van der Waals surface area contributed by atoms with Crippen LogP contribution in [0.1, 0.15) is 25.3 Å². The second-order valence-electron chi connectivity index (χ2n) is 2.52. The summed E-state index contributed by atoms with van der Waals surface area (Å²) in [5.74, 6) is 2.84. The van der Waals surface area contributed by atoms with Gasteiger partial charge in [0.25, 0.3) is 0 Å². The summed E-state index contributed by atoms with van der Waals surface area (Å²) in [5.41, 5.74) is 1.12. The Labute approximate surface area is 67.2 Å². The van der Waals surface area contributed by atoms with E-state index in [9.17, 15) is 0 Å². The number of aromatic nitrogens is 2. The van der Waals surface area contributed by atoms with Gasteiger partial charge in [0.1, 0.15) is 0 Å². The van der Waals surface area contributed by atoms with Crippen molar-refractivity contribution >= 4 is 0 Å². The highest BCUT2D eigenvalue weighted by Gasteiger charge is 2.02. The number of hydrogen-bond acceptors (Lipinski definition) is 1. The van der Waals surface area contributed by atoms with Crippen molar-refractivity contribution in [2.75, 3.05) is 0 Å². The van der Waals surface area contributed by atoms with Crippen LogP contribution in [0.2, 0.25) is 0 Å². The molecule has 1 heterocycles. The van der Waals surface area contributed by atoms with Crippen LogP contribution >= 0.6 is 0 Å². The Balaban J connectivity index is 2.82. The minimum atomic E-state index is 0.176. The summed E-state index contributed by atoms with van der Waals surface area (Å²) in [6, 6.07) is 0. The fraction of sp³-hybridized carbons (Fsp3) is 0.444. The molecule has 0 saturated heterocycles. The minimum absolute atomic E-state index is 0.176. The second kappa shape index (κ2) is 3.25. The van der Waals surface area contributed by atoms with Crippen molar-refractivity contribution in [3.8, 4) is 12.3 Å². The molecular weight excluding hydrogens is 136 g/mol. The zero-order chi connectivity index (χ0) is 8.27. The SMILES string of the molecule is C#CC(C)c1cnn(CC)c1. The van der Waals surface area contributed by atoms with Crippen LogP contribution in [0.5, 0.6) is 0 Å². The van der Waals surface area contributed by atoms with E-state index in [2.05, 4.69) is 17.9 Å². The molecular formula is C9H12N2. The van der Waals surface area contributed by atoms with Crippen molar-refractivity contribution in [1.29, 1.82) is 0 Å². The first-order valence-corrected chi connectivity index (χ1v) is 3.76. The first-order valence-electron chi connectivity index (χ1n) is 3.76. The molecule has 0 amide bonds. The van der Waals surface area contributed by atoms with Crippen molar-refractivity contribution in [1.82, 2.24) is 9.78 Å². The average Bonchev–Trinajstić information content (AvgIpc) is 2.50. The molecule has 0 aliphatic carbocycles. The highest BCUT2D eigenvalue weighted by molar-refractivity contribution is 5.19. The van der Waals surface area contributed by atoms with Crippen molar-refractivity contribution in [3.63, 3.8) is 0 Å². The van der Waals surface area contributed by atoms with Gasteiger partial charge in [-0.25, -0.2) is 0 Å². The van der Waals surface area contributed by atoms with Gasteiger partial charge in [0.15, 0.2) is 0 Å². The van der Waals surface area contributed by atoms with Crippen molar-refractivity contribution in [3.05, 3.63) is 18.0 Å². The molecule has 0 fully saturated rings. The van der Waals surface area contributed by atoms with Gasteiger partial charge in [-0.05, 0) is 13.8 Å². The van der Waals surface area contributed by atoms with Crippen LogP contribution < -0.4 is 0 Å². The summed E-state index contributed by atoms with van der Waals surface area (Å²) in [7, 11) is 0. The Bertz CT molecular complexity index is 267. The van der Waals surface area contributed by atoms with Gasteiger partial charge >= 0.3 is 0 Å². The molecule has 0 bridgehead atoms. The Morgan fingerprint density at radius 1 is 1.82 bits per heavy atom. The standard InChI is InChI=1S/C9H12N2/c1-4-8(3)9-6-10-11(5-2)7-9/h1,6-8H,5H2,2-3H3. The first-order chi connectivity index (χ1) is 5.27. The third kappa shape index (κ3) is 1.62. The maximum atomic E-state index is 5.27. The lowest BCUT2D eigenvalue weighted by molar-refractivity contribution is 0.659. The van der Waals surface area contributed by atoms with E-state index >= 15 is 0 Å². The van der Waals surface area contributed by atoms with Gasteiger partial charge in [-0.15, -0.1) is 6.42 Å². The van der Waals surface area contributed by atoms with Crippen LogP contribution in [0.3, 0.4) is 0 Å². The third-order valence-electron chi connectivity index (χ3n) is 1.73. The normalized spacial score (nSPS) is 12.5. The highest BCUT2D eigenvalue weighted by atomic mass is 15.3. The molecule has 1 unspecified atom stereocenters.